The summed E-state index contributed by atoms with van der Waals surface area (Å²) in [6.07, 6.45) is 72.6. The molecular weight excluding hydrogens is 1370 g/mol. The maximum Gasteiger partial charge on any atom is 0.472 e. The molecule has 0 rings (SSSR count). The van der Waals surface area contributed by atoms with Gasteiger partial charge in [-0.2, -0.15) is 0 Å². The van der Waals surface area contributed by atoms with Gasteiger partial charge in [0.2, 0.25) is 0 Å². The Kier molecular flexibility index (Phi) is 77.3. The van der Waals surface area contributed by atoms with E-state index in [4.69, 9.17) is 37.0 Å². The predicted octanol–water partition coefficient (Wildman–Crippen LogP) is 26.4. The number of carbonyl (C=O) groups excluding carboxylic acids is 4. The minimum absolute atomic E-state index is 0.107. The molecule has 0 aliphatic heterocycles. The van der Waals surface area contributed by atoms with E-state index in [0.717, 1.165) is 96.3 Å². The molecule has 0 aromatic heterocycles. The number of esters is 4. The van der Waals surface area contributed by atoms with Crippen LogP contribution >= 0.6 is 15.6 Å². The molecule has 0 fully saturated rings. The van der Waals surface area contributed by atoms with Gasteiger partial charge in [0.25, 0.3) is 0 Å². The Labute approximate surface area is 645 Å². The van der Waals surface area contributed by atoms with Crippen LogP contribution in [0, 0.1) is 5.92 Å². The molecule has 17 nitrogen and oxygen atoms in total. The van der Waals surface area contributed by atoms with Crippen molar-refractivity contribution in [3.8, 4) is 0 Å². The Balaban J connectivity index is 5.17. The van der Waals surface area contributed by atoms with E-state index in [2.05, 4.69) is 34.6 Å². The molecule has 0 radical (unpaired) electrons. The summed E-state index contributed by atoms with van der Waals surface area (Å²) in [4.78, 5) is 73.1. The topological polar surface area (TPSA) is 237 Å². The van der Waals surface area contributed by atoms with Crippen LogP contribution in [0.15, 0.2) is 0 Å². The molecule has 0 aromatic carbocycles. The number of carbonyl (C=O) groups is 4. The molecule has 0 saturated carbocycles. The van der Waals surface area contributed by atoms with E-state index in [9.17, 15) is 43.2 Å². The lowest BCUT2D eigenvalue weighted by atomic mass is 10.0. The lowest BCUT2D eigenvalue weighted by Crippen LogP contribution is -2.30. The third kappa shape index (κ3) is 79.9. The Hall–Kier alpha value is -1.94. The number of aliphatic hydroxyl groups excluding tert-OH is 1. The van der Waals surface area contributed by atoms with Gasteiger partial charge in [0.1, 0.15) is 19.3 Å². The number of phosphoric acid groups is 2. The second-order valence-corrected chi connectivity index (χ2v) is 34.3. The molecule has 105 heavy (non-hydrogen) atoms. The Morgan fingerprint density at radius 2 is 0.438 bits per heavy atom. The van der Waals surface area contributed by atoms with E-state index in [1.54, 1.807) is 0 Å². The number of hydrogen-bond acceptors (Lipinski definition) is 15. The summed E-state index contributed by atoms with van der Waals surface area (Å²) in [6.45, 7) is 7.28. The highest BCUT2D eigenvalue weighted by Gasteiger charge is 2.30. The smallest absolute Gasteiger partial charge is 0.462 e. The average molecular weight is 1540 g/mol. The second kappa shape index (κ2) is 78.7. The molecular formula is C86H168O17P2. The van der Waals surface area contributed by atoms with Gasteiger partial charge >= 0.3 is 39.5 Å². The van der Waals surface area contributed by atoms with Gasteiger partial charge < -0.3 is 33.8 Å². The highest BCUT2D eigenvalue weighted by molar-refractivity contribution is 7.47. The first-order chi connectivity index (χ1) is 51.0. The van der Waals surface area contributed by atoms with Crippen molar-refractivity contribution in [1.29, 1.82) is 0 Å². The van der Waals surface area contributed by atoms with E-state index in [1.807, 2.05) is 0 Å². The highest BCUT2D eigenvalue weighted by Crippen LogP contribution is 2.45. The lowest BCUT2D eigenvalue weighted by Gasteiger charge is -2.21. The molecule has 0 aliphatic carbocycles. The van der Waals surface area contributed by atoms with Crippen LogP contribution in [0.2, 0.25) is 0 Å². The summed E-state index contributed by atoms with van der Waals surface area (Å²) in [5, 5.41) is 10.7. The molecule has 0 aliphatic rings. The highest BCUT2D eigenvalue weighted by atomic mass is 31.2. The fourth-order valence-electron chi connectivity index (χ4n) is 13.5. The van der Waals surface area contributed by atoms with Crippen LogP contribution in [0.5, 0.6) is 0 Å². The van der Waals surface area contributed by atoms with E-state index in [0.29, 0.717) is 31.6 Å². The van der Waals surface area contributed by atoms with Crippen molar-refractivity contribution >= 4 is 39.5 Å². The molecule has 0 aromatic rings. The molecule has 0 heterocycles. The average Bonchev–Trinajstić information content (AvgIpc) is 0.972. The molecule has 2 unspecified atom stereocenters. The van der Waals surface area contributed by atoms with Crippen molar-refractivity contribution in [1.82, 2.24) is 0 Å². The zero-order chi connectivity index (χ0) is 76.9. The van der Waals surface area contributed by atoms with Gasteiger partial charge in [-0.1, -0.05) is 413 Å². The minimum atomic E-state index is -4.96. The van der Waals surface area contributed by atoms with E-state index in [1.165, 1.54) is 283 Å². The standard InChI is InChI=1S/C86H168O17P2/c1-6-9-12-15-18-21-24-26-28-30-32-34-36-38-40-42-44-47-49-54-59-64-69-83(88)96-75-81(102-86(91)72-67-62-56-51-48-45-43-41-39-37-35-33-31-29-27-25-22-19-16-13-10-7-2)77-100-104(92,93)98-73-80(87)74-99-105(94,95)101-78-82(76-97-84(89)70-65-60-57-52-53-58-63-68-79(4)5)103-85(90)71-66-61-55-50-46-23-20-17-14-11-8-3/h79-82,87H,6-78H2,1-5H3,(H,92,93)(H,94,95)/t80-,81-,82-/m1/s1. The van der Waals surface area contributed by atoms with Crippen LogP contribution in [0.4, 0.5) is 0 Å². The predicted molar refractivity (Wildman–Crippen MR) is 432 cm³/mol. The van der Waals surface area contributed by atoms with Gasteiger partial charge in [-0.15, -0.1) is 0 Å². The first kappa shape index (κ1) is 103. The van der Waals surface area contributed by atoms with Crippen LogP contribution in [0.25, 0.3) is 0 Å². The van der Waals surface area contributed by atoms with E-state index in [-0.39, 0.29) is 25.7 Å². The van der Waals surface area contributed by atoms with Crippen molar-refractivity contribution in [2.75, 3.05) is 39.6 Å². The van der Waals surface area contributed by atoms with Crippen molar-refractivity contribution in [2.45, 2.75) is 483 Å². The summed E-state index contributed by atoms with van der Waals surface area (Å²) in [5.74, 6) is -1.40. The van der Waals surface area contributed by atoms with Gasteiger partial charge in [0.05, 0.1) is 26.4 Å². The summed E-state index contributed by atoms with van der Waals surface area (Å²) in [5.41, 5.74) is 0. The zero-order valence-electron chi connectivity index (χ0n) is 68.9. The van der Waals surface area contributed by atoms with Crippen LogP contribution in [-0.2, 0) is 65.4 Å². The Morgan fingerprint density at radius 3 is 0.648 bits per heavy atom. The largest absolute Gasteiger partial charge is 0.472 e. The molecule has 0 bridgehead atoms. The van der Waals surface area contributed by atoms with Crippen LogP contribution < -0.4 is 0 Å². The molecule has 624 valence electrons. The van der Waals surface area contributed by atoms with Crippen LogP contribution in [-0.4, -0.2) is 96.7 Å². The zero-order valence-corrected chi connectivity index (χ0v) is 70.7. The number of unbranched alkanes of at least 4 members (excludes halogenated alkanes) is 58. The minimum Gasteiger partial charge on any atom is -0.462 e. The van der Waals surface area contributed by atoms with Gasteiger partial charge in [0.15, 0.2) is 12.2 Å². The van der Waals surface area contributed by atoms with Crippen molar-refractivity contribution < 1.29 is 80.2 Å². The summed E-state index contributed by atoms with van der Waals surface area (Å²) < 4.78 is 68.8. The monoisotopic (exact) mass is 1540 g/mol. The molecule has 5 atom stereocenters. The maximum absolute atomic E-state index is 13.1. The third-order valence-corrected chi connectivity index (χ3v) is 22.2. The SMILES string of the molecule is CCCCCCCCCCCCCCCCCCCCCCCCC(=O)OC[C@H](COP(=O)(O)OC[C@@H](O)COP(=O)(O)OC[C@@H](COC(=O)CCCCCCCCCC(C)C)OC(=O)CCCCCCCCCCCCC)OC(=O)CCCCCCCCCCCCCCCCCCCCCCCC. The summed E-state index contributed by atoms with van der Waals surface area (Å²) in [6, 6.07) is 0. The number of ether oxygens (including phenoxy) is 4. The van der Waals surface area contributed by atoms with Gasteiger partial charge in [-0.25, -0.2) is 9.13 Å². The molecule has 19 heteroatoms. The fourth-order valence-corrected chi connectivity index (χ4v) is 15.1. The summed E-state index contributed by atoms with van der Waals surface area (Å²) >= 11 is 0. The number of hydrogen-bond donors (Lipinski definition) is 3. The number of rotatable bonds is 86. The van der Waals surface area contributed by atoms with Gasteiger partial charge in [-0.05, 0) is 31.6 Å². The van der Waals surface area contributed by atoms with Crippen molar-refractivity contribution in [3.63, 3.8) is 0 Å². The first-order valence-electron chi connectivity index (χ1n) is 44.6. The normalized spacial score (nSPS) is 13.8. The van der Waals surface area contributed by atoms with E-state index >= 15 is 0 Å². The number of aliphatic hydroxyl groups is 1. The van der Waals surface area contributed by atoms with Crippen molar-refractivity contribution in [3.05, 3.63) is 0 Å². The Morgan fingerprint density at radius 1 is 0.257 bits per heavy atom. The van der Waals surface area contributed by atoms with E-state index < -0.39 is 97.5 Å². The second-order valence-electron chi connectivity index (χ2n) is 31.4. The lowest BCUT2D eigenvalue weighted by molar-refractivity contribution is -0.161. The molecule has 0 amide bonds. The fraction of sp³-hybridized carbons (Fsp3) is 0.953. The van der Waals surface area contributed by atoms with Crippen LogP contribution in [0.1, 0.15) is 465 Å². The quantitative estimate of drug-likeness (QED) is 0.0222. The third-order valence-electron chi connectivity index (χ3n) is 20.3. The molecule has 0 saturated heterocycles. The first-order valence-corrected chi connectivity index (χ1v) is 47.6. The van der Waals surface area contributed by atoms with Crippen molar-refractivity contribution in [2.24, 2.45) is 5.92 Å². The van der Waals surface area contributed by atoms with Crippen LogP contribution in [0.3, 0.4) is 0 Å². The molecule has 3 N–H and O–H groups in total. The molecule has 0 spiro atoms. The summed E-state index contributed by atoms with van der Waals surface area (Å²) in [7, 11) is -9.92. The maximum atomic E-state index is 13.1. The van der Waals surface area contributed by atoms with Gasteiger partial charge in [-0.3, -0.25) is 37.3 Å². The Bertz CT molecular complexity index is 2000. The van der Waals surface area contributed by atoms with Gasteiger partial charge in [0, 0.05) is 25.7 Å². The number of phosphoric ester groups is 2.